The van der Waals surface area contributed by atoms with Gasteiger partial charge in [0.05, 0.1) is 23.1 Å². The monoisotopic (exact) mass is 496 g/mol. The third-order valence-electron chi connectivity index (χ3n) is 7.29. The lowest BCUT2D eigenvalue weighted by Crippen LogP contribution is -2.43. The molecule has 0 bridgehead atoms. The summed E-state index contributed by atoms with van der Waals surface area (Å²) in [5.74, 6) is 0.513. The Balaban J connectivity index is 1.39. The van der Waals surface area contributed by atoms with Crippen LogP contribution in [0.2, 0.25) is 0 Å². The molecule has 0 saturated carbocycles. The number of fused-ring (bicyclic) bond motifs is 3. The van der Waals surface area contributed by atoms with Crippen LogP contribution < -0.4 is 5.32 Å². The van der Waals surface area contributed by atoms with Crippen molar-refractivity contribution in [3.8, 4) is 22.4 Å². The molecule has 1 saturated heterocycles. The summed E-state index contributed by atoms with van der Waals surface area (Å²) in [5.41, 5.74) is 5.72. The van der Waals surface area contributed by atoms with Crippen molar-refractivity contribution in [1.82, 2.24) is 24.5 Å². The van der Waals surface area contributed by atoms with E-state index in [0.29, 0.717) is 55.9 Å². The quantitative estimate of drug-likeness (QED) is 0.444. The summed E-state index contributed by atoms with van der Waals surface area (Å²) in [6, 6.07) is 14.0. The van der Waals surface area contributed by atoms with Crippen molar-refractivity contribution in [3.63, 3.8) is 0 Å². The number of aliphatic hydroxyl groups is 1. The van der Waals surface area contributed by atoms with E-state index < -0.39 is 6.10 Å². The topological polar surface area (TPSA) is 113 Å². The smallest absolute Gasteiger partial charge is 0.251 e. The molecule has 0 unspecified atom stereocenters. The van der Waals surface area contributed by atoms with Crippen LogP contribution in [-0.4, -0.2) is 67.0 Å². The number of hydrogen-bond donors (Lipinski definition) is 2. The van der Waals surface area contributed by atoms with E-state index in [9.17, 15) is 14.7 Å². The average molecular weight is 497 g/mol. The van der Waals surface area contributed by atoms with E-state index in [2.05, 4.69) is 15.4 Å². The Kier molecular flexibility index (Phi) is 5.92. The van der Waals surface area contributed by atoms with Crippen LogP contribution in [0.5, 0.6) is 0 Å². The first kappa shape index (κ1) is 23.3. The number of pyridine rings is 1. The fourth-order valence-corrected chi connectivity index (χ4v) is 5.34. The fraction of sp³-hybridized carbons (Fsp3) is 0.321. The number of nitrogens with zero attached hydrogens (tertiary/aromatic N) is 5. The van der Waals surface area contributed by atoms with E-state index in [0.717, 1.165) is 28.1 Å². The normalized spacial score (nSPS) is 16.9. The van der Waals surface area contributed by atoms with Gasteiger partial charge < -0.3 is 15.3 Å². The zero-order valence-electron chi connectivity index (χ0n) is 20.6. The van der Waals surface area contributed by atoms with Gasteiger partial charge in [0.15, 0.2) is 11.4 Å². The van der Waals surface area contributed by atoms with E-state index in [4.69, 9.17) is 4.98 Å². The van der Waals surface area contributed by atoms with Crippen LogP contribution in [0.25, 0.3) is 28.0 Å². The van der Waals surface area contributed by atoms with Crippen LogP contribution in [0.15, 0.2) is 54.9 Å². The van der Waals surface area contributed by atoms with Crippen LogP contribution in [0.3, 0.4) is 0 Å². The van der Waals surface area contributed by atoms with E-state index >= 15 is 0 Å². The van der Waals surface area contributed by atoms with Crippen LogP contribution in [0.1, 0.15) is 48.2 Å². The zero-order valence-corrected chi connectivity index (χ0v) is 20.6. The lowest BCUT2D eigenvalue weighted by molar-refractivity contribution is -0.140. The molecule has 1 amide bonds. The maximum absolute atomic E-state index is 13.1. The molecule has 2 N–H and O–H groups in total. The number of hydrogen-bond acceptors (Lipinski definition) is 7. The second-order valence-corrected chi connectivity index (χ2v) is 9.69. The van der Waals surface area contributed by atoms with Crippen molar-refractivity contribution >= 4 is 23.2 Å². The minimum atomic E-state index is -1.01. The van der Waals surface area contributed by atoms with Crippen molar-refractivity contribution in [2.75, 3.05) is 25.0 Å². The molecule has 0 aliphatic carbocycles. The number of anilines is 1. The summed E-state index contributed by atoms with van der Waals surface area (Å²) in [6.45, 7) is 3.09. The number of Topliss-reactive ketones (excluding diaryl/α,β-unsaturated/α-hetero) is 1. The van der Waals surface area contributed by atoms with Gasteiger partial charge in [-0.15, -0.1) is 0 Å². The highest BCUT2D eigenvalue weighted by atomic mass is 16.3. The first-order chi connectivity index (χ1) is 18.0. The lowest BCUT2D eigenvalue weighted by atomic mass is 9.88. The van der Waals surface area contributed by atoms with Crippen molar-refractivity contribution in [3.05, 3.63) is 66.1 Å². The summed E-state index contributed by atoms with van der Waals surface area (Å²) < 4.78 is 1.72. The van der Waals surface area contributed by atoms with Gasteiger partial charge in [-0.25, -0.2) is 4.98 Å². The number of likely N-dealkylation sites (tertiary alicyclic amines) is 1. The summed E-state index contributed by atoms with van der Waals surface area (Å²) in [4.78, 5) is 36.7. The second kappa shape index (κ2) is 9.40. The standard InChI is InChI=1S/C28H28N6O3/c1-17(35)28(37)33-13-10-19(11-14-33)25-24-23(36)9-12-29-27(24)34-26(32-25)21(16-31-34)20-7-8-22(30-15-20)18-5-3-2-4-6-18/h2-8,15-17,19,29,35H,9-14H2,1H3/t17-/m1/s1. The van der Waals surface area contributed by atoms with Crippen molar-refractivity contribution in [1.29, 1.82) is 0 Å². The van der Waals surface area contributed by atoms with Crippen molar-refractivity contribution in [2.45, 2.75) is 38.2 Å². The largest absolute Gasteiger partial charge is 0.384 e. The molecule has 1 fully saturated rings. The third kappa shape index (κ3) is 4.15. The highest BCUT2D eigenvalue weighted by Gasteiger charge is 2.33. The van der Waals surface area contributed by atoms with Crippen LogP contribution >= 0.6 is 0 Å². The third-order valence-corrected chi connectivity index (χ3v) is 7.29. The molecule has 9 heteroatoms. The molecule has 188 valence electrons. The zero-order chi connectivity index (χ0) is 25.5. The van der Waals surface area contributed by atoms with E-state index in [1.165, 1.54) is 6.92 Å². The summed E-state index contributed by atoms with van der Waals surface area (Å²) in [6.07, 6.45) is 4.36. The molecular weight excluding hydrogens is 468 g/mol. The van der Waals surface area contributed by atoms with Gasteiger partial charge in [0.25, 0.3) is 5.91 Å². The maximum atomic E-state index is 13.1. The molecule has 3 aromatic heterocycles. The Morgan fingerprint density at radius 2 is 1.86 bits per heavy atom. The number of amides is 1. The van der Waals surface area contributed by atoms with Gasteiger partial charge in [-0.3, -0.25) is 14.6 Å². The molecule has 2 aliphatic heterocycles. The van der Waals surface area contributed by atoms with Gasteiger partial charge in [0, 0.05) is 54.9 Å². The summed E-state index contributed by atoms with van der Waals surface area (Å²) >= 11 is 0. The number of aliphatic hydroxyl groups excluding tert-OH is 1. The highest BCUT2D eigenvalue weighted by molar-refractivity contribution is 6.04. The van der Waals surface area contributed by atoms with Gasteiger partial charge in [0.2, 0.25) is 0 Å². The predicted molar refractivity (Wildman–Crippen MR) is 139 cm³/mol. The van der Waals surface area contributed by atoms with Gasteiger partial charge in [0.1, 0.15) is 11.9 Å². The number of piperidine rings is 1. The van der Waals surface area contributed by atoms with E-state index in [1.807, 2.05) is 48.7 Å². The van der Waals surface area contributed by atoms with Gasteiger partial charge in [-0.2, -0.15) is 9.61 Å². The first-order valence-corrected chi connectivity index (χ1v) is 12.7. The molecule has 6 rings (SSSR count). The summed E-state index contributed by atoms with van der Waals surface area (Å²) in [5, 5.41) is 17.7. The minimum Gasteiger partial charge on any atom is -0.384 e. The number of benzene rings is 1. The van der Waals surface area contributed by atoms with Crippen molar-refractivity contribution in [2.24, 2.45) is 0 Å². The van der Waals surface area contributed by atoms with E-state index in [-0.39, 0.29) is 17.6 Å². The Morgan fingerprint density at radius 1 is 1.08 bits per heavy atom. The molecule has 9 nitrogen and oxygen atoms in total. The maximum Gasteiger partial charge on any atom is 0.251 e. The average Bonchev–Trinajstić information content (AvgIpc) is 3.37. The molecule has 2 aliphatic rings. The Hall–Kier alpha value is -4.11. The molecule has 4 aromatic rings. The van der Waals surface area contributed by atoms with E-state index in [1.54, 1.807) is 15.6 Å². The van der Waals surface area contributed by atoms with Crippen LogP contribution in [0.4, 0.5) is 5.82 Å². The molecule has 37 heavy (non-hydrogen) atoms. The Labute approximate surface area is 214 Å². The lowest BCUT2D eigenvalue weighted by Gasteiger charge is -2.33. The van der Waals surface area contributed by atoms with Crippen LogP contribution in [0, 0.1) is 0 Å². The molecule has 5 heterocycles. The SMILES string of the molecule is C[C@@H](O)C(=O)N1CCC(c2nc3c(-c4ccc(-c5ccccc5)nc4)cnn3c3c2C(=O)CCN3)CC1. The number of aromatic nitrogens is 4. The highest BCUT2D eigenvalue weighted by Crippen LogP contribution is 2.37. The number of rotatable bonds is 4. The number of carbonyl (C=O) groups excluding carboxylic acids is 2. The summed E-state index contributed by atoms with van der Waals surface area (Å²) in [7, 11) is 0. The number of carbonyl (C=O) groups is 2. The van der Waals surface area contributed by atoms with Crippen molar-refractivity contribution < 1.29 is 14.7 Å². The predicted octanol–water partition coefficient (Wildman–Crippen LogP) is 3.54. The molecule has 1 atom stereocenters. The number of nitrogens with one attached hydrogen (secondary N) is 1. The molecule has 0 radical (unpaired) electrons. The molecule has 1 aromatic carbocycles. The van der Waals surface area contributed by atoms with Gasteiger partial charge >= 0.3 is 0 Å². The molecule has 0 spiro atoms. The molecular formula is C28H28N6O3. The van der Waals surface area contributed by atoms with Crippen LogP contribution in [-0.2, 0) is 4.79 Å². The fourth-order valence-electron chi connectivity index (χ4n) is 5.34. The number of ketones is 1. The first-order valence-electron chi connectivity index (χ1n) is 12.7. The Bertz CT molecular complexity index is 1470. The Morgan fingerprint density at radius 3 is 2.57 bits per heavy atom. The second-order valence-electron chi connectivity index (χ2n) is 9.69. The van der Waals surface area contributed by atoms with Gasteiger partial charge in [-0.1, -0.05) is 36.4 Å². The van der Waals surface area contributed by atoms with Gasteiger partial charge in [-0.05, 0) is 25.8 Å². The minimum absolute atomic E-state index is 0.0296.